The van der Waals surface area contributed by atoms with Crippen LogP contribution in [0.3, 0.4) is 0 Å². The molecule has 0 amide bonds. The van der Waals surface area contributed by atoms with Gasteiger partial charge in [0.05, 0.1) is 5.92 Å². The smallest absolute Gasteiger partial charge is 0.306 e. The number of hydrogen-bond acceptors (Lipinski definition) is 4. The number of nitrogens with one attached hydrogen (secondary N) is 1. The molecular formula is C13H19NO4S2. The first kappa shape index (κ1) is 15.5. The second-order valence-corrected chi connectivity index (χ2v) is 8.51. The lowest BCUT2D eigenvalue weighted by Crippen LogP contribution is -2.38. The Kier molecular flexibility index (Phi) is 4.51. The standard InChI is InChI=1S/C13H19NO4S2/c1-8-7-12(19-9(8)2)20(17,18)14-11-5-3-10(4-6-11)13(15)16/h7,10-11,14H,3-6H2,1-2H3,(H,15,16). The van der Waals surface area contributed by atoms with Crippen LogP contribution in [0.15, 0.2) is 10.3 Å². The van der Waals surface area contributed by atoms with E-state index in [1.54, 1.807) is 6.07 Å². The van der Waals surface area contributed by atoms with Gasteiger partial charge in [-0.1, -0.05) is 0 Å². The normalized spacial score (nSPS) is 23.7. The van der Waals surface area contributed by atoms with Crippen molar-refractivity contribution in [3.8, 4) is 0 Å². The maximum atomic E-state index is 12.3. The van der Waals surface area contributed by atoms with E-state index in [0.717, 1.165) is 10.4 Å². The number of carboxylic acids is 1. The fraction of sp³-hybridized carbons (Fsp3) is 0.615. The molecule has 1 aliphatic rings. The highest BCUT2D eigenvalue weighted by atomic mass is 32.2. The van der Waals surface area contributed by atoms with Gasteiger partial charge in [-0.25, -0.2) is 13.1 Å². The zero-order valence-corrected chi connectivity index (χ0v) is 13.2. The van der Waals surface area contributed by atoms with Crippen molar-refractivity contribution >= 4 is 27.3 Å². The minimum Gasteiger partial charge on any atom is -0.481 e. The van der Waals surface area contributed by atoms with Gasteiger partial charge in [0.1, 0.15) is 4.21 Å². The van der Waals surface area contributed by atoms with Crippen LogP contribution in [0, 0.1) is 19.8 Å². The summed E-state index contributed by atoms with van der Waals surface area (Å²) in [5.74, 6) is -1.11. The molecule has 1 aromatic rings. The molecule has 1 saturated carbocycles. The molecule has 0 spiro atoms. The second-order valence-electron chi connectivity index (χ2n) is 5.31. The number of hydrogen-bond donors (Lipinski definition) is 2. The van der Waals surface area contributed by atoms with Gasteiger partial charge in [0.2, 0.25) is 10.0 Å². The molecule has 0 bridgehead atoms. The lowest BCUT2D eigenvalue weighted by atomic mass is 9.87. The molecule has 0 unspecified atom stereocenters. The summed E-state index contributed by atoms with van der Waals surface area (Å²) >= 11 is 1.27. The highest BCUT2D eigenvalue weighted by Crippen LogP contribution is 2.28. The summed E-state index contributed by atoms with van der Waals surface area (Å²) < 4.78 is 27.6. The molecule has 1 heterocycles. The first-order valence-electron chi connectivity index (χ1n) is 6.62. The molecule has 2 rings (SSSR count). The Labute approximate surface area is 123 Å². The van der Waals surface area contributed by atoms with Crippen molar-refractivity contribution in [3.05, 3.63) is 16.5 Å². The van der Waals surface area contributed by atoms with E-state index in [1.807, 2.05) is 13.8 Å². The predicted molar refractivity (Wildman–Crippen MR) is 77.5 cm³/mol. The van der Waals surface area contributed by atoms with E-state index in [0.29, 0.717) is 29.9 Å². The van der Waals surface area contributed by atoms with Crippen LogP contribution < -0.4 is 4.72 Å². The molecule has 1 fully saturated rings. The summed E-state index contributed by atoms with van der Waals surface area (Å²) in [7, 11) is -3.48. The molecule has 0 radical (unpaired) electrons. The molecule has 0 aromatic carbocycles. The fourth-order valence-corrected chi connectivity index (χ4v) is 5.25. The van der Waals surface area contributed by atoms with Crippen LogP contribution in [0.2, 0.25) is 0 Å². The molecule has 1 aliphatic carbocycles. The highest BCUT2D eigenvalue weighted by molar-refractivity contribution is 7.91. The minimum absolute atomic E-state index is 0.154. The van der Waals surface area contributed by atoms with Crippen molar-refractivity contribution in [2.75, 3.05) is 0 Å². The topological polar surface area (TPSA) is 83.5 Å². The number of carboxylic acid groups (broad SMARTS) is 1. The van der Waals surface area contributed by atoms with Crippen molar-refractivity contribution in [1.29, 1.82) is 0 Å². The van der Waals surface area contributed by atoms with Crippen molar-refractivity contribution in [1.82, 2.24) is 4.72 Å². The van der Waals surface area contributed by atoms with E-state index in [1.165, 1.54) is 11.3 Å². The molecule has 0 aliphatic heterocycles. The highest BCUT2D eigenvalue weighted by Gasteiger charge is 2.29. The van der Waals surface area contributed by atoms with Crippen molar-refractivity contribution in [3.63, 3.8) is 0 Å². The summed E-state index contributed by atoms with van der Waals surface area (Å²) in [6.07, 6.45) is 2.23. The molecule has 112 valence electrons. The lowest BCUT2D eigenvalue weighted by molar-refractivity contribution is -0.142. The van der Waals surface area contributed by atoms with Gasteiger partial charge in [0.15, 0.2) is 0 Å². The van der Waals surface area contributed by atoms with Gasteiger partial charge in [0.25, 0.3) is 0 Å². The van der Waals surface area contributed by atoms with Gasteiger partial charge >= 0.3 is 5.97 Å². The number of aliphatic carboxylic acids is 1. The molecule has 1 aromatic heterocycles. The third-order valence-electron chi connectivity index (χ3n) is 3.81. The Balaban J connectivity index is 2.01. The van der Waals surface area contributed by atoms with Gasteiger partial charge in [-0.3, -0.25) is 4.79 Å². The predicted octanol–water partition coefficient (Wildman–Crippen LogP) is 2.29. The Morgan fingerprint density at radius 2 is 1.90 bits per heavy atom. The first-order valence-corrected chi connectivity index (χ1v) is 8.91. The number of carbonyl (C=O) groups is 1. The summed E-state index contributed by atoms with van der Waals surface area (Å²) in [5.41, 5.74) is 0.977. The average molecular weight is 317 g/mol. The van der Waals surface area contributed by atoms with Gasteiger partial charge in [-0.05, 0) is 51.2 Å². The summed E-state index contributed by atoms with van der Waals surface area (Å²) in [6, 6.07) is 1.53. The summed E-state index contributed by atoms with van der Waals surface area (Å²) in [4.78, 5) is 11.9. The van der Waals surface area contributed by atoms with Crippen LogP contribution in [-0.2, 0) is 14.8 Å². The van der Waals surface area contributed by atoms with Crippen LogP contribution >= 0.6 is 11.3 Å². The van der Waals surface area contributed by atoms with Gasteiger partial charge in [-0.15, -0.1) is 11.3 Å². The van der Waals surface area contributed by atoms with E-state index in [2.05, 4.69) is 4.72 Å². The minimum atomic E-state index is -3.48. The van der Waals surface area contributed by atoms with Gasteiger partial charge in [-0.2, -0.15) is 0 Å². The molecule has 0 atom stereocenters. The van der Waals surface area contributed by atoms with Crippen molar-refractivity contribution < 1.29 is 18.3 Å². The molecule has 5 nitrogen and oxygen atoms in total. The van der Waals surface area contributed by atoms with Crippen LogP contribution in [0.4, 0.5) is 0 Å². The van der Waals surface area contributed by atoms with E-state index in [-0.39, 0.29) is 12.0 Å². The third kappa shape index (κ3) is 3.39. The quantitative estimate of drug-likeness (QED) is 0.892. The fourth-order valence-electron chi connectivity index (χ4n) is 2.41. The molecule has 7 heteroatoms. The van der Waals surface area contributed by atoms with Crippen LogP contribution in [0.5, 0.6) is 0 Å². The van der Waals surface area contributed by atoms with Crippen LogP contribution in [-0.4, -0.2) is 25.5 Å². The number of thiophene rings is 1. The second kappa shape index (κ2) is 5.83. The summed E-state index contributed by atoms with van der Waals surface area (Å²) in [5, 5.41) is 8.93. The molecule has 0 saturated heterocycles. The Morgan fingerprint density at radius 1 is 1.30 bits per heavy atom. The number of aryl methyl sites for hydroxylation is 2. The molecular weight excluding hydrogens is 298 g/mol. The number of sulfonamides is 1. The van der Waals surface area contributed by atoms with E-state index < -0.39 is 16.0 Å². The molecule has 20 heavy (non-hydrogen) atoms. The maximum absolute atomic E-state index is 12.3. The van der Waals surface area contributed by atoms with Gasteiger partial charge < -0.3 is 5.11 Å². The van der Waals surface area contributed by atoms with E-state index in [9.17, 15) is 13.2 Å². The Hall–Kier alpha value is -0.920. The first-order chi connectivity index (χ1) is 9.29. The largest absolute Gasteiger partial charge is 0.481 e. The lowest BCUT2D eigenvalue weighted by Gasteiger charge is -2.26. The molecule has 2 N–H and O–H groups in total. The third-order valence-corrected chi connectivity index (χ3v) is 6.95. The Morgan fingerprint density at radius 3 is 2.35 bits per heavy atom. The van der Waals surface area contributed by atoms with Crippen LogP contribution in [0.1, 0.15) is 36.1 Å². The maximum Gasteiger partial charge on any atom is 0.306 e. The van der Waals surface area contributed by atoms with E-state index in [4.69, 9.17) is 5.11 Å². The van der Waals surface area contributed by atoms with Crippen molar-refractivity contribution in [2.24, 2.45) is 5.92 Å². The van der Waals surface area contributed by atoms with Crippen LogP contribution in [0.25, 0.3) is 0 Å². The van der Waals surface area contributed by atoms with Gasteiger partial charge in [0, 0.05) is 10.9 Å². The summed E-state index contributed by atoms with van der Waals surface area (Å²) in [6.45, 7) is 3.79. The zero-order valence-electron chi connectivity index (χ0n) is 11.5. The SMILES string of the molecule is Cc1cc(S(=O)(=O)NC2CCC(C(=O)O)CC2)sc1C. The number of rotatable bonds is 4. The van der Waals surface area contributed by atoms with Crippen molar-refractivity contribution in [2.45, 2.75) is 49.8 Å². The monoisotopic (exact) mass is 317 g/mol. The zero-order chi connectivity index (χ0) is 14.9. The Bertz CT molecular complexity index is 578. The van der Waals surface area contributed by atoms with E-state index >= 15 is 0 Å². The average Bonchev–Trinajstić information content (AvgIpc) is 2.71.